The number of carbonyl (C=O) groups excluding carboxylic acids is 3. The van der Waals surface area contributed by atoms with Gasteiger partial charge in [-0.1, -0.05) is 0 Å². The Hall–Kier alpha value is -3.63. The Kier molecular flexibility index (Phi) is 8.42. The highest BCUT2D eigenvalue weighted by molar-refractivity contribution is 6.04. The molecule has 0 spiro atoms. The van der Waals surface area contributed by atoms with E-state index >= 15 is 0 Å². The molecule has 0 aromatic heterocycles. The van der Waals surface area contributed by atoms with E-state index in [4.69, 9.17) is 19.7 Å². The van der Waals surface area contributed by atoms with Gasteiger partial charge in [0.1, 0.15) is 25.0 Å². The van der Waals surface area contributed by atoms with Crippen molar-refractivity contribution in [1.82, 2.24) is 10.6 Å². The average Bonchev–Trinajstić information content (AvgIpc) is 2.72. The van der Waals surface area contributed by atoms with Crippen molar-refractivity contribution in [2.75, 3.05) is 32.0 Å². The molecule has 0 atom stereocenters. The number of amides is 3. The van der Waals surface area contributed by atoms with E-state index in [-0.39, 0.29) is 19.1 Å². The van der Waals surface area contributed by atoms with Gasteiger partial charge in [0.25, 0.3) is 17.7 Å². The second-order valence-corrected chi connectivity index (χ2v) is 5.60. The summed E-state index contributed by atoms with van der Waals surface area (Å²) in [7, 11) is 0. The fourth-order valence-electron chi connectivity index (χ4n) is 2.12. The van der Waals surface area contributed by atoms with Gasteiger partial charge in [0.2, 0.25) is 0 Å². The molecular formula is C19H21N3O7. The van der Waals surface area contributed by atoms with Crippen LogP contribution in [0.5, 0.6) is 11.5 Å². The Morgan fingerprint density at radius 3 is 1.62 bits per heavy atom. The lowest BCUT2D eigenvalue weighted by Crippen LogP contribution is -2.29. The summed E-state index contributed by atoms with van der Waals surface area (Å²) in [4.78, 5) is 34.7. The Labute approximate surface area is 166 Å². The Morgan fingerprint density at radius 2 is 1.17 bits per heavy atom. The molecule has 0 saturated heterocycles. The van der Waals surface area contributed by atoms with Crippen LogP contribution < -0.4 is 25.4 Å². The summed E-state index contributed by atoms with van der Waals surface area (Å²) in [6.07, 6.45) is 0. The van der Waals surface area contributed by atoms with Crippen LogP contribution >= 0.6 is 0 Å². The van der Waals surface area contributed by atoms with E-state index in [0.29, 0.717) is 22.7 Å². The van der Waals surface area contributed by atoms with Gasteiger partial charge < -0.3 is 35.6 Å². The first-order valence-electron chi connectivity index (χ1n) is 8.54. The van der Waals surface area contributed by atoms with E-state index < -0.39 is 25.3 Å². The van der Waals surface area contributed by atoms with Gasteiger partial charge in [-0.15, -0.1) is 0 Å². The van der Waals surface area contributed by atoms with Gasteiger partial charge in [-0.25, -0.2) is 0 Å². The lowest BCUT2D eigenvalue weighted by atomic mass is 10.2. The zero-order valence-electron chi connectivity index (χ0n) is 15.4. The molecule has 3 amide bonds. The van der Waals surface area contributed by atoms with Crippen LogP contribution in [0.1, 0.15) is 10.4 Å². The van der Waals surface area contributed by atoms with E-state index in [1.807, 2.05) is 0 Å². The number of hydrogen-bond donors (Lipinski definition) is 5. The molecule has 5 N–H and O–H groups in total. The number of nitrogens with one attached hydrogen (secondary N) is 3. The molecular weight excluding hydrogens is 382 g/mol. The maximum absolute atomic E-state index is 12.3. The summed E-state index contributed by atoms with van der Waals surface area (Å²) in [6.45, 7) is -1.41. The van der Waals surface area contributed by atoms with Gasteiger partial charge in [-0.05, 0) is 48.5 Å². The fraction of sp³-hybridized carbons (Fsp3) is 0.211. The molecule has 0 aliphatic carbocycles. The molecule has 0 aliphatic rings. The average molecular weight is 403 g/mol. The first kappa shape index (κ1) is 21.7. The van der Waals surface area contributed by atoms with E-state index in [1.165, 1.54) is 0 Å². The topological polar surface area (TPSA) is 146 Å². The molecule has 10 heteroatoms. The van der Waals surface area contributed by atoms with Crippen LogP contribution in [0, 0.1) is 0 Å². The first-order valence-corrected chi connectivity index (χ1v) is 8.54. The van der Waals surface area contributed by atoms with Crippen molar-refractivity contribution in [3.63, 3.8) is 0 Å². The SMILES string of the molecule is O=C(COc1ccc(NC(=O)c2ccc(OCC(=O)NCO)cc2)cc1)NCO. The molecule has 0 saturated carbocycles. The predicted molar refractivity (Wildman–Crippen MR) is 102 cm³/mol. The van der Waals surface area contributed by atoms with Crippen LogP contribution in [0.25, 0.3) is 0 Å². The summed E-state index contributed by atoms with van der Waals surface area (Å²) in [5, 5.41) is 24.2. The maximum atomic E-state index is 12.3. The summed E-state index contributed by atoms with van der Waals surface area (Å²) in [5.74, 6) is -0.420. The monoisotopic (exact) mass is 403 g/mol. The lowest BCUT2D eigenvalue weighted by Gasteiger charge is -2.09. The Morgan fingerprint density at radius 1 is 0.724 bits per heavy atom. The molecule has 2 rings (SSSR count). The van der Waals surface area contributed by atoms with Crippen molar-refractivity contribution in [1.29, 1.82) is 0 Å². The van der Waals surface area contributed by atoms with Crippen molar-refractivity contribution in [3.8, 4) is 11.5 Å². The van der Waals surface area contributed by atoms with Gasteiger partial charge >= 0.3 is 0 Å². The quantitative estimate of drug-likeness (QED) is 0.346. The number of aliphatic hydroxyl groups excluding tert-OH is 2. The third kappa shape index (κ3) is 7.48. The minimum Gasteiger partial charge on any atom is -0.484 e. The van der Waals surface area contributed by atoms with Gasteiger partial charge in [-0.3, -0.25) is 14.4 Å². The summed E-state index contributed by atoms with van der Waals surface area (Å²) in [5.41, 5.74) is 0.918. The zero-order chi connectivity index (χ0) is 21.1. The second kappa shape index (κ2) is 11.3. The maximum Gasteiger partial charge on any atom is 0.259 e. The van der Waals surface area contributed by atoms with Crippen molar-refractivity contribution in [2.45, 2.75) is 0 Å². The zero-order valence-corrected chi connectivity index (χ0v) is 15.4. The van der Waals surface area contributed by atoms with Crippen molar-refractivity contribution in [2.24, 2.45) is 0 Å². The van der Waals surface area contributed by atoms with E-state index in [9.17, 15) is 14.4 Å². The van der Waals surface area contributed by atoms with Crippen LogP contribution in [0.3, 0.4) is 0 Å². The number of anilines is 1. The Bertz CT molecular complexity index is 823. The van der Waals surface area contributed by atoms with Crippen LogP contribution in [0.2, 0.25) is 0 Å². The molecule has 0 heterocycles. The van der Waals surface area contributed by atoms with Crippen LogP contribution in [-0.4, -0.2) is 54.6 Å². The van der Waals surface area contributed by atoms with Gasteiger partial charge in [0.05, 0.1) is 0 Å². The standard InChI is InChI=1S/C19H21N3O7/c23-11-20-17(25)9-28-15-5-1-13(2-6-15)19(27)22-14-3-7-16(8-4-14)29-10-18(26)21-12-24/h1-8,23-24H,9-12H2,(H,20,25)(H,21,26)(H,22,27). The molecule has 154 valence electrons. The van der Waals surface area contributed by atoms with Gasteiger partial charge in [0.15, 0.2) is 13.2 Å². The van der Waals surface area contributed by atoms with Crippen molar-refractivity contribution < 1.29 is 34.1 Å². The molecule has 2 aromatic rings. The second-order valence-electron chi connectivity index (χ2n) is 5.60. The smallest absolute Gasteiger partial charge is 0.259 e. The minimum absolute atomic E-state index is 0.234. The largest absolute Gasteiger partial charge is 0.484 e. The Balaban J connectivity index is 1.84. The van der Waals surface area contributed by atoms with E-state index in [1.54, 1.807) is 48.5 Å². The number of rotatable bonds is 10. The minimum atomic E-state index is -0.465. The molecule has 10 nitrogen and oxygen atoms in total. The number of aliphatic hydroxyl groups is 2. The third-order valence-corrected chi connectivity index (χ3v) is 3.52. The first-order chi connectivity index (χ1) is 14.0. The van der Waals surface area contributed by atoms with Crippen LogP contribution in [-0.2, 0) is 9.59 Å². The lowest BCUT2D eigenvalue weighted by molar-refractivity contribution is -0.125. The molecule has 2 aromatic carbocycles. The van der Waals surface area contributed by atoms with E-state index in [2.05, 4.69) is 16.0 Å². The predicted octanol–water partition coefficient (Wildman–Crippen LogP) is -0.172. The highest BCUT2D eigenvalue weighted by Crippen LogP contribution is 2.17. The summed E-state index contributed by atoms with van der Waals surface area (Å²) < 4.78 is 10.5. The van der Waals surface area contributed by atoms with Crippen LogP contribution in [0.4, 0.5) is 5.69 Å². The van der Waals surface area contributed by atoms with Gasteiger partial charge in [0, 0.05) is 11.3 Å². The van der Waals surface area contributed by atoms with Crippen molar-refractivity contribution >= 4 is 23.4 Å². The third-order valence-electron chi connectivity index (χ3n) is 3.52. The molecule has 0 fully saturated rings. The number of carbonyl (C=O) groups is 3. The highest BCUT2D eigenvalue weighted by Gasteiger charge is 2.08. The van der Waals surface area contributed by atoms with Crippen molar-refractivity contribution in [3.05, 3.63) is 54.1 Å². The normalized spacial score (nSPS) is 10.0. The summed E-state index contributed by atoms with van der Waals surface area (Å²) >= 11 is 0. The molecule has 0 unspecified atom stereocenters. The van der Waals surface area contributed by atoms with E-state index in [0.717, 1.165) is 0 Å². The number of hydrogen-bond acceptors (Lipinski definition) is 7. The molecule has 29 heavy (non-hydrogen) atoms. The number of ether oxygens (including phenoxy) is 2. The highest BCUT2D eigenvalue weighted by atomic mass is 16.5. The summed E-state index contributed by atoms with van der Waals surface area (Å²) in [6, 6.07) is 12.6. The number of benzene rings is 2. The molecule has 0 bridgehead atoms. The van der Waals surface area contributed by atoms with Crippen LogP contribution in [0.15, 0.2) is 48.5 Å². The molecule has 0 radical (unpaired) electrons. The fourth-order valence-corrected chi connectivity index (χ4v) is 2.12. The molecule has 0 aliphatic heterocycles. The van der Waals surface area contributed by atoms with Gasteiger partial charge in [-0.2, -0.15) is 0 Å².